The van der Waals surface area contributed by atoms with Crippen LogP contribution in [0.1, 0.15) is 32.3 Å². The molecule has 8 heteroatoms. The molecule has 1 unspecified atom stereocenters. The number of carbonyl (C=O) groups is 2. The summed E-state index contributed by atoms with van der Waals surface area (Å²) in [5, 5.41) is 10.2. The van der Waals surface area contributed by atoms with Gasteiger partial charge in [-0.1, -0.05) is 37.3 Å². The Kier molecular flexibility index (Phi) is 9.77. The summed E-state index contributed by atoms with van der Waals surface area (Å²) >= 11 is 0. The van der Waals surface area contributed by atoms with E-state index in [2.05, 4.69) is 0 Å². The SMILES string of the molecule is CCCC(=O)OCC(O)CN(C(=O)OCC)c1ccc(OCc2ccccc2)c(F)c1. The first-order valence-corrected chi connectivity index (χ1v) is 10.2. The van der Waals surface area contributed by atoms with E-state index < -0.39 is 24.0 Å². The molecular weight excluding hydrogens is 405 g/mol. The lowest BCUT2D eigenvalue weighted by atomic mass is 10.2. The minimum atomic E-state index is -1.16. The van der Waals surface area contributed by atoms with Gasteiger partial charge in [0.25, 0.3) is 0 Å². The summed E-state index contributed by atoms with van der Waals surface area (Å²) in [5.41, 5.74) is 1.07. The van der Waals surface area contributed by atoms with E-state index in [1.807, 2.05) is 37.3 Å². The molecule has 31 heavy (non-hydrogen) atoms. The Balaban J connectivity index is 2.07. The lowest BCUT2D eigenvalue weighted by molar-refractivity contribution is -0.146. The zero-order chi connectivity index (χ0) is 22.6. The summed E-state index contributed by atoms with van der Waals surface area (Å²) < 4.78 is 30.1. The summed E-state index contributed by atoms with van der Waals surface area (Å²) in [6.07, 6.45) is -1.05. The van der Waals surface area contributed by atoms with Crippen LogP contribution >= 0.6 is 0 Å². The Labute approximate surface area is 181 Å². The van der Waals surface area contributed by atoms with Crippen molar-refractivity contribution in [3.63, 3.8) is 0 Å². The second kappa shape index (κ2) is 12.5. The van der Waals surface area contributed by atoms with Crippen molar-refractivity contribution in [3.05, 3.63) is 59.9 Å². The quantitative estimate of drug-likeness (QED) is 0.538. The second-order valence-electron chi connectivity index (χ2n) is 6.79. The third-order valence-corrected chi connectivity index (χ3v) is 4.24. The van der Waals surface area contributed by atoms with E-state index in [9.17, 15) is 19.1 Å². The Morgan fingerprint density at radius 3 is 2.48 bits per heavy atom. The number of hydrogen-bond acceptors (Lipinski definition) is 6. The van der Waals surface area contributed by atoms with E-state index in [-0.39, 0.29) is 44.2 Å². The van der Waals surface area contributed by atoms with Gasteiger partial charge in [-0.05, 0) is 31.0 Å². The second-order valence-corrected chi connectivity index (χ2v) is 6.79. The third kappa shape index (κ3) is 7.90. The van der Waals surface area contributed by atoms with Crippen LogP contribution in [-0.2, 0) is 20.9 Å². The molecule has 0 bridgehead atoms. The third-order valence-electron chi connectivity index (χ3n) is 4.24. The van der Waals surface area contributed by atoms with Crippen molar-refractivity contribution in [3.8, 4) is 5.75 Å². The molecule has 0 spiro atoms. The lowest BCUT2D eigenvalue weighted by Gasteiger charge is -2.25. The van der Waals surface area contributed by atoms with Gasteiger partial charge in [-0.25, -0.2) is 9.18 Å². The van der Waals surface area contributed by atoms with Crippen molar-refractivity contribution >= 4 is 17.7 Å². The van der Waals surface area contributed by atoms with Crippen LogP contribution in [0.5, 0.6) is 5.75 Å². The van der Waals surface area contributed by atoms with E-state index >= 15 is 0 Å². The van der Waals surface area contributed by atoms with Gasteiger partial charge >= 0.3 is 12.1 Å². The predicted octanol–water partition coefficient (Wildman–Crippen LogP) is 4.07. The molecule has 0 aliphatic rings. The number of aliphatic hydroxyl groups excluding tert-OH is 1. The molecule has 2 rings (SSSR count). The van der Waals surface area contributed by atoms with Gasteiger partial charge in [-0.3, -0.25) is 9.69 Å². The van der Waals surface area contributed by atoms with Gasteiger partial charge in [-0.2, -0.15) is 0 Å². The summed E-state index contributed by atoms with van der Waals surface area (Å²) in [6.45, 7) is 3.26. The molecule has 2 aromatic carbocycles. The lowest BCUT2D eigenvalue weighted by Crippen LogP contribution is -2.40. The van der Waals surface area contributed by atoms with Gasteiger partial charge < -0.3 is 19.3 Å². The van der Waals surface area contributed by atoms with Crippen LogP contribution in [0.4, 0.5) is 14.9 Å². The van der Waals surface area contributed by atoms with Gasteiger partial charge in [-0.15, -0.1) is 0 Å². The zero-order valence-corrected chi connectivity index (χ0v) is 17.8. The molecule has 0 saturated carbocycles. The monoisotopic (exact) mass is 433 g/mol. The van der Waals surface area contributed by atoms with Crippen molar-refractivity contribution in [2.24, 2.45) is 0 Å². The average Bonchev–Trinajstić information content (AvgIpc) is 2.76. The van der Waals surface area contributed by atoms with Crippen molar-refractivity contribution in [1.29, 1.82) is 0 Å². The molecule has 0 heterocycles. The number of amides is 1. The molecule has 0 fully saturated rings. The van der Waals surface area contributed by atoms with Crippen LogP contribution in [0.15, 0.2) is 48.5 Å². The number of benzene rings is 2. The molecule has 168 valence electrons. The summed E-state index contributed by atoms with van der Waals surface area (Å²) in [4.78, 5) is 24.9. The highest BCUT2D eigenvalue weighted by molar-refractivity contribution is 5.87. The van der Waals surface area contributed by atoms with Crippen molar-refractivity contribution in [2.75, 3.05) is 24.7 Å². The number of esters is 1. The van der Waals surface area contributed by atoms with Crippen molar-refractivity contribution < 1.29 is 33.3 Å². The molecule has 2 aromatic rings. The summed E-state index contributed by atoms with van der Waals surface area (Å²) in [6, 6.07) is 13.4. The molecule has 1 amide bonds. The molecule has 1 atom stereocenters. The number of anilines is 1. The molecule has 7 nitrogen and oxygen atoms in total. The van der Waals surface area contributed by atoms with Crippen molar-refractivity contribution in [1.82, 2.24) is 0 Å². The Bertz CT molecular complexity index is 845. The van der Waals surface area contributed by atoms with Crippen LogP contribution < -0.4 is 9.64 Å². The Morgan fingerprint density at radius 2 is 1.84 bits per heavy atom. The number of hydrogen-bond donors (Lipinski definition) is 1. The summed E-state index contributed by atoms with van der Waals surface area (Å²) in [7, 11) is 0. The highest BCUT2D eigenvalue weighted by atomic mass is 19.1. The van der Waals surface area contributed by atoms with Gasteiger partial charge in [0.05, 0.1) is 18.8 Å². The van der Waals surface area contributed by atoms with Gasteiger partial charge in [0.1, 0.15) is 19.3 Å². The Hall–Kier alpha value is -3.13. The Morgan fingerprint density at radius 1 is 1.10 bits per heavy atom. The number of carbonyl (C=O) groups excluding carboxylic acids is 2. The molecule has 0 aliphatic heterocycles. The first-order valence-electron chi connectivity index (χ1n) is 10.2. The number of ether oxygens (including phenoxy) is 3. The van der Waals surface area contributed by atoms with Crippen LogP contribution in [0.3, 0.4) is 0 Å². The number of halogens is 1. The molecule has 1 N–H and O–H groups in total. The van der Waals surface area contributed by atoms with Gasteiger partial charge in [0.15, 0.2) is 11.6 Å². The zero-order valence-electron chi connectivity index (χ0n) is 17.8. The standard InChI is InChI=1S/C23H28FNO6/c1-3-8-22(27)31-16-19(26)14-25(23(28)29-4-2)18-11-12-21(20(24)13-18)30-15-17-9-6-5-7-10-17/h5-7,9-13,19,26H,3-4,8,14-16H2,1-2H3. The van der Waals surface area contributed by atoms with E-state index in [4.69, 9.17) is 14.2 Å². The maximum atomic E-state index is 14.6. The largest absolute Gasteiger partial charge is 0.486 e. The van der Waals surface area contributed by atoms with E-state index in [0.29, 0.717) is 6.42 Å². The van der Waals surface area contributed by atoms with Crippen molar-refractivity contribution in [2.45, 2.75) is 39.4 Å². The van der Waals surface area contributed by atoms with Crippen LogP contribution in [0.2, 0.25) is 0 Å². The summed E-state index contributed by atoms with van der Waals surface area (Å²) in [5.74, 6) is -1.06. The van der Waals surface area contributed by atoms with E-state index in [0.717, 1.165) is 16.5 Å². The molecular formula is C23H28FNO6. The topological polar surface area (TPSA) is 85.3 Å². The molecule has 0 radical (unpaired) electrons. The number of nitrogens with zero attached hydrogens (tertiary/aromatic N) is 1. The minimum Gasteiger partial charge on any atom is -0.486 e. The number of aliphatic hydroxyl groups is 1. The molecule has 0 saturated heterocycles. The molecule has 0 aromatic heterocycles. The fraction of sp³-hybridized carbons (Fsp3) is 0.391. The van der Waals surface area contributed by atoms with Gasteiger partial charge in [0.2, 0.25) is 0 Å². The minimum absolute atomic E-state index is 0.0328. The average molecular weight is 433 g/mol. The molecule has 0 aliphatic carbocycles. The normalized spacial score (nSPS) is 11.5. The fourth-order valence-corrected chi connectivity index (χ4v) is 2.73. The number of rotatable bonds is 11. The first kappa shape index (κ1) is 24.1. The predicted molar refractivity (Wildman–Crippen MR) is 113 cm³/mol. The van der Waals surface area contributed by atoms with E-state index in [1.54, 1.807) is 6.92 Å². The van der Waals surface area contributed by atoms with Crippen LogP contribution in [0, 0.1) is 5.82 Å². The van der Waals surface area contributed by atoms with Gasteiger partial charge in [0, 0.05) is 12.5 Å². The van der Waals surface area contributed by atoms with Crippen LogP contribution in [0.25, 0.3) is 0 Å². The fourth-order valence-electron chi connectivity index (χ4n) is 2.73. The maximum absolute atomic E-state index is 14.6. The highest BCUT2D eigenvalue weighted by Gasteiger charge is 2.23. The smallest absolute Gasteiger partial charge is 0.414 e. The maximum Gasteiger partial charge on any atom is 0.414 e. The van der Waals surface area contributed by atoms with Crippen LogP contribution in [-0.4, -0.2) is 43.0 Å². The van der Waals surface area contributed by atoms with E-state index in [1.165, 1.54) is 12.1 Å². The first-order chi connectivity index (χ1) is 14.9. The highest BCUT2D eigenvalue weighted by Crippen LogP contribution is 2.25.